The first kappa shape index (κ1) is 73.1. The largest absolute Gasteiger partial charge is 0.394 e. The predicted octanol–water partition coefficient (Wildman–Crippen LogP) is 12.0. The van der Waals surface area contributed by atoms with E-state index in [1.165, 1.54) is 186 Å². The molecule has 0 radical (unpaired) electrons. The number of unbranched alkanes of at least 4 members (excludes halogenated alkanes) is 33. The van der Waals surface area contributed by atoms with Crippen LogP contribution in [0.3, 0.4) is 0 Å². The van der Waals surface area contributed by atoms with Gasteiger partial charge in [0.1, 0.15) is 48.8 Å². The number of aliphatic hydroxyl groups excluding tert-OH is 8. The van der Waals surface area contributed by atoms with Gasteiger partial charge in [0.05, 0.1) is 32.0 Å². The molecule has 2 rings (SSSR count). The highest BCUT2D eigenvalue weighted by Crippen LogP contribution is 2.30. The van der Waals surface area contributed by atoms with Crippen LogP contribution in [-0.4, -0.2) is 140 Å². The summed E-state index contributed by atoms with van der Waals surface area (Å²) in [5, 5.41) is 87.0. The smallest absolute Gasteiger partial charge is 0.220 e. The van der Waals surface area contributed by atoms with Crippen LogP contribution in [0.5, 0.6) is 0 Å². The van der Waals surface area contributed by atoms with Gasteiger partial charge >= 0.3 is 0 Å². The molecule has 14 nitrogen and oxygen atoms in total. The summed E-state index contributed by atoms with van der Waals surface area (Å²) in [4.78, 5) is 13.3. The number of hydrogen-bond donors (Lipinski definition) is 9. The molecule has 0 aromatic carbocycles. The molecule has 2 fully saturated rings. The van der Waals surface area contributed by atoms with E-state index in [-0.39, 0.29) is 18.9 Å². The Morgan fingerprint density at radius 2 is 0.835 bits per heavy atom. The second-order valence-corrected chi connectivity index (χ2v) is 22.9. The van der Waals surface area contributed by atoms with Crippen molar-refractivity contribution in [2.24, 2.45) is 0 Å². The third-order valence-electron chi connectivity index (χ3n) is 15.8. The van der Waals surface area contributed by atoms with Crippen molar-refractivity contribution in [1.29, 1.82) is 0 Å². The fourth-order valence-corrected chi connectivity index (χ4v) is 10.5. The lowest BCUT2D eigenvalue weighted by Gasteiger charge is -2.46. The van der Waals surface area contributed by atoms with Gasteiger partial charge in [-0.2, -0.15) is 0 Å². The van der Waals surface area contributed by atoms with Crippen LogP contribution in [0.1, 0.15) is 264 Å². The third kappa shape index (κ3) is 35.6. The van der Waals surface area contributed by atoms with Crippen LogP contribution in [0.15, 0.2) is 48.6 Å². The number of ether oxygens (including phenoxy) is 4. The van der Waals surface area contributed by atoms with Gasteiger partial charge in [-0.15, -0.1) is 0 Å². The lowest BCUT2D eigenvalue weighted by molar-refractivity contribution is -0.359. The van der Waals surface area contributed by atoms with E-state index in [0.29, 0.717) is 6.42 Å². The maximum absolute atomic E-state index is 13.3. The Labute approximate surface area is 480 Å². The maximum atomic E-state index is 13.3. The van der Waals surface area contributed by atoms with Gasteiger partial charge in [0.25, 0.3) is 0 Å². The number of nitrogens with one attached hydrogen (secondary N) is 1. The minimum atomic E-state index is -1.79. The number of carbonyl (C=O) groups excluding carboxylic acids is 1. The Balaban J connectivity index is 1.62. The first-order valence-electron chi connectivity index (χ1n) is 32.4. The van der Waals surface area contributed by atoms with E-state index in [1.54, 1.807) is 6.08 Å². The van der Waals surface area contributed by atoms with Crippen molar-refractivity contribution in [2.75, 3.05) is 19.8 Å². The molecule has 2 aliphatic heterocycles. The molecule has 0 aliphatic carbocycles. The zero-order chi connectivity index (χ0) is 57.4. The monoisotopic (exact) mass is 1120 g/mol. The van der Waals surface area contributed by atoms with Crippen LogP contribution in [0, 0.1) is 0 Å². The average Bonchev–Trinajstić information content (AvgIpc) is 3.49. The molecule has 2 heterocycles. The molecule has 0 spiro atoms. The highest BCUT2D eigenvalue weighted by molar-refractivity contribution is 5.76. The lowest BCUT2D eigenvalue weighted by atomic mass is 9.97. The van der Waals surface area contributed by atoms with Crippen LogP contribution >= 0.6 is 0 Å². The highest BCUT2D eigenvalue weighted by Gasteiger charge is 2.51. The third-order valence-corrected chi connectivity index (χ3v) is 15.8. The van der Waals surface area contributed by atoms with E-state index in [0.717, 1.165) is 51.4 Å². The van der Waals surface area contributed by atoms with Crippen molar-refractivity contribution < 1.29 is 64.6 Å². The molecular formula is C65H119NO13. The Morgan fingerprint density at radius 3 is 1.28 bits per heavy atom. The number of hydrogen-bond acceptors (Lipinski definition) is 13. The summed E-state index contributed by atoms with van der Waals surface area (Å²) >= 11 is 0. The predicted molar refractivity (Wildman–Crippen MR) is 318 cm³/mol. The molecule has 14 heteroatoms. The number of carbonyl (C=O) groups is 1. The van der Waals surface area contributed by atoms with Crippen molar-refractivity contribution in [2.45, 2.75) is 338 Å². The average molecular weight is 1120 g/mol. The van der Waals surface area contributed by atoms with Crippen LogP contribution in [0.25, 0.3) is 0 Å². The van der Waals surface area contributed by atoms with Gasteiger partial charge in [-0.25, -0.2) is 0 Å². The Morgan fingerprint density at radius 1 is 0.456 bits per heavy atom. The second kappa shape index (κ2) is 50.5. The van der Waals surface area contributed by atoms with Crippen molar-refractivity contribution in [3.8, 4) is 0 Å². The summed E-state index contributed by atoms with van der Waals surface area (Å²) in [5.74, 6) is -0.238. The van der Waals surface area contributed by atoms with Gasteiger partial charge in [0.15, 0.2) is 12.6 Å². The van der Waals surface area contributed by atoms with Gasteiger partial charge in [-0.3, -0.25) is 4.79 Å². The van der Waals surface area contributed by atoms with Crippen molar-refractivity contribution in [3.05, 3.63) is 48.6 Å². The van der Waals surface area contributed by atoms with Crippen molar-refractivity contribution in [3.63, 3.8) is 0 Å². The van der Waals surface area contributed by atoms with Crippen LogP contribution in [0.4, 0.5) is 0 Å². The van der Waals surface area contributed by atoms with E-state index in [9.17, 15) is 45.6 Å². The normalized spacial score (nSPS) is 24.7. The van der Waals surface area contributed by atoms with E-state index in [2.05, 4.69) is 55.6 Å². The standard InChI is InChI=1S/C65H119NO13/c1-3-5-7-9-11-13-15-17-18-19-20-21-22-23-24-25-26-27-28-29-30-31-32-33-34-35-36-37-39-41-43-45-47-49-57(70)66-53(54(69)48-46-44-42-40-38-16-14-12-10-8-6-4-2)52-76-64-62(75)60(73)63(56(51-68)78-64)79-65-61(74)59(72)58(71)55(50-67)77-65/h15,17,19-20,22-23,46,48,53-56,58-65,67-69,71-75H,3-14,16,18,21,24-45,47,49-52H2,1-2H3,(H,66,70)/b17-15-,20-19-,23-22-,48-46+. The van der Waals surface area contributed by atoms with Gasteiger partial charge in [0.2, 0.25) is 5.91 Å². The molecular weight excluding hydrogens is 1000 g/mol. The topological polar surface area (TPSA) is 228 Å². The zero-order valence-electron chi connectivity index (χ0n) is 49.9. The summed E-state index contributed by atoms with van der Waals surface area (Å²) < 4.78 is 22.8. The minimum Gasteiger partial charge on any atom is -0.394 e. The number of allylic oxidation sites excluding steroid dienone is 7. The molecule has 2 saturated heterocycles. The summed E-state index contributed by atoms with van der Waals surface area (Å²) in [7, 11) is 0. The molecule has 12 atom stereocenters. The molecule has 12 unspecified atom stereocenters. The molecule has 0 aromatic heterocycles. The molecule has 0 bridgehead atoms. The molecule has 2 aliphatic rings. The molecule has 462 valence electrons. The van der Waals surface area contributed by atoms with Gasteiger partial charge in [0, 0.05) is 6.42 Å². The fourth-order valence-electron chi connectivity index (χ4n) is 10.5. The number of aliphatic hydroxyl groups is 8. The SMILES string of the molecule is CCCCCCC/C=C\C/C=C\C/C=C\CCCCCCCCCCCCCCCCCCCCC(=O)NC(COC1OC(CO)C(OC2OC(CO)C(O)C(O)C2O)C(O)C1O)C(O)/C=C/CCCCCCCCCCCC. The van der Waals surface area contributed by atoms with Gasteiger partial charge < -0.3 is 65.1 Å². The van der Waals surface area contributed by atoms with Crippen LogP contribution < -0.4 is 5.32 Å². The zero-order valence-corrected chi connectivity index (χ0v) is 49.9. The molecule has 0 saturated carbocycles. The minimum absolute atomic E-state index is 0.238. The van der Waals surface area contributed by atoms with Crippen LogP contribution in [0.2, 0.25) is 0 Å². The van der Waals surface area contributed by atoms with Crippen molar-refractivity contribution in [1.82, 2.24) is 5.32 Å². The highest BCUT2D eigenvalue weighted by atomic mass is 16.7. The maximum Gasteiger partial charge on any atom is 0.220 e. The van der Waals surface area contributed by atoms with Crippen LogP contribution in [-0.2, 0) is 23.7 Å². The summed E-state index contributed by atoms with van der Waals surface area (Å²) in [6, 6.07) is -0.913. The molecule has 79 heavy (non-hydrogen) atoms. The number of amides is 1. The van der Waals surface area contributed by atoms with E-state index >= 15 is 0 Å². The first-order chi connectivity index (χ1) is 38.6. The van der Waals surface area contributed by atoms with Crippen molar-refractivity contribution >= 4 is 5.91 Å². The van der Waals surface area contributed by atoms with E-state index in [1.807, 2.05) is 6.08 Å². The Kier molecular flexibility index (Phi) is 46.7. The summed E-state index contributed by atoms with van der Waals surface area (Å²) in [5.41, 5.74) is 0. The van der Waals surface area contributed by atoms with Gasteiger partial charge in [-0.05, 0) is 57.8 Å². The quantitative estimate of drug-likeness (QED) is 0.0204. The fraction of sp³-hybridized carbons (Fsp3) is 0.862. The lowest BCUT2D eigenvalue weighted by Crippen LogP contribution is -2.65. The van der Waals surface area contributed by atoms with Gasteiger partial charge in [-0.1, -0.05) is 249 Å². The Bertz CT molecular complexity index is 1510. The summed E-state index contributed by atoms with van der Waals surface area (Å²) in [6.45, 7) is 2.78. The molecule has 1 amide bonds. The Hall–Kier alpha value is -2.05. The second-order valence-electron chi connectivity index (χ2n) is 22.9. The van der Waals surface area contributed by atoms with E-state index in [4.69, 9.17) is 18.9 Å². The van der Waals surface area contributed by atoms with E-state index < -0.39 is 86.8 Å². The first-order valence-corrected chi connectivity index (χ1v) is 32.4. The molecule has 0 aromatic rings. The summed E-state index contributed by atoms with van der Waals surface area (Å²) in [6.07, 6.45) is 47.5. The number of rotatable bonds is 52. The molecule has 9 N–H and O–H groups in total.